The van der Waals surface area contributed by atoms with Gasteiger partial charge in [0.2, 0.25) is 0 Å². The number of aliphatic imine (C=N–C) groups is 3. The van der Waals surface area contributed by atoms with E-state index in [4.69, 9.17) is 15.0 Å². The first kappa shape index (κ1) is 36.9. The van der Waals surface area contributed by atoms with Gasteiger partial charge in [0, 0.05) is 16.5 Å². The summed E-state index contributed by atoms with van der Waals surface area (Å²) in [7, 11) is 0. The fourth-order valence-electron chi connectivity index (χ4n) is 8.50. The first-order valence-electron chi connectivity index (χ1n) is 18.5. The zero-order valence-electron chi connectivity index (χ0n) is 31.8. The Morgan fingerprint density at radius 1 is 0.741 bits per heavy atom. The van der Waals surface area contributed by atoms with Crippen LogP contribution >= 0.6 is 0 Å². The molecule has 7 rings (SSSR count). The minimum atomic E-state index is -1.77. The van der Waals surface area contributed by atoms with Crippen LogP contribution in [0.2, 0.25) is 0 Å². The molecule has 0 amide bonds. The van der Waals surface area contributed by atoms with Crippen molar-refractivity contribution in [1.29, 1.82) is 0 Å². The fourth-order valence-corrected chi connectivity index (χ4v) is 8.50. The van der Waals surface area contributed by atoms with E-state index >= 15 is 17.6 Å². The molecule has 0 radical (unpaired) electrons. The first-order chi connectivity index (χ1) is 25.9. The van der Waals surface area contributed by atoms with Gasteiger partial charge >= 0.3 is 0 Å². The Kier molecular flexibility index (Phi) is 9.62. The Labute approximate surface area is 312 Å². The van der Waals surface area contributed by atoms with E-state index in [1.165, 1.54) is 0 Å². The van der Waals surface area contributed by atoms with E-state index in [-0.39, 0.29) is 23.3 Å². The SMILES string of the molecule is CCC1=C(C)/C2=C(\c3c(F)c(F)c(C=O)c(F)c3F)C3=NC(/C=C4N=C(C(C)=C\4CC)/C(c4ccccc4)=c4\[nH]/c(c(CC)c4C)=C\C1=N2)C(CC)=C3C. The highest BCUT2D eigenvalue weighted by Crippen LogP contribution is 2.43. The maximum absolute atomic E-state index is 16.2. The summed E-state index contributed by atoms with van der Waals surface area (Å²) >= 11 is 0. The molecule has 5 nitrogen and oxygen atoms in total. The van der Waals surface area contributed by atoms with Crippen molar-refractivity contribution in [3.05, 3.63) is 143 Å². The van der Waals surface area contributed by atoms with E-state index in [1.807, 2.05) is 51.1 Å². The van der Waals surface area contributed by atoms with E-state index in [0.29, 0.717) is 42.5 Å². The summed E-state index contributed by atoms with van der Waals surface area (Å²) in [5.41, 5.74) is 9.18. The lowest BCUT2D eigenvalue weighted by Gasteiger charge is -2.17. The number of carbonyl (C=O) groups is 1. The molecular formula is C45H42F4N4O. The van der Waals surface area contributed by atoms with Crippen LogP contribution in [-0.4, -0.2) is 34.4 Å². The van der Waals surface area contributed by atoms with Crippen molar-refractivity contribution >= 4 is 40.6 Å². The fraction of sp³-hybridized carbons (Fsp3) is 0.289. The molecule has 8 bridgehead atoms. The predicted octanol–water partition coefficient (Wildman–Crippen LogP) is 9.45. The number of hydrogen-bond donors (Lipinski definition) is 1. The molecule has 1 unspecified atom stereocenters. The normalized spacial score (nSPS) is 22.4. The molecule has 5 heterocycles. The van der Waals surface area contributed by atoms with Gasteiger partial charge in [-0.1, -0.05) is 58.0 Å². The van der Waals surface area contributed by atoms with Crippen molar-refractivity contribution < 1.29 is 22.4 Å². The largest absolute Gasteiger partial charge is 0.354 e. The van der Waals surface area contributed by atoms with E-state index in [1.54, 1.807) is 6.92 Å². The third kappa shape index (κ3) is 5.50. The second-order valence-corrected chi connectivity index (χ2v) is 14.0. The van der Waals surface area contributed by atoms with Gasteiger partial charge in [-0.25, -0.2) is 27.5 Å². The van der Waals surface area contributed by atoms with Crippen LogP contribution in [0.5, 0.6) is 0 Å². The number of nitrogens with zero attached hydrogens (tertiary/aromatic N) is 3. The monoisotopic (exact) mass is 730 g/mol. The number of halogens is 4. The molecule has 0 saturated heterocycles. The predicted molar refractivity (Wildman–Crippen MR) is 209 cm³/mol. The number of aromatic amines is 1. The van der Waals surface area contributed by atoms with Crippen LogP contribution in [0.1, 0.15) is 100 Å². The number of aldehydes is 1. The second kappa shape index (κ2) is 14.1. The maximum atomic E-state index is 16.2. The van der Waals surface area contributed by atoms with Gasteiger partial charge in [-0.3, -0.25) is 9.79 Å². The lowest BCUT2D eigenvalue weighted by atomic mass is 9.88. The summed E-state index contributed by atoms with van der Waals surface area (Å²) in [6, 6.07) is 9.62. The van der Waals surface area contributed by atoms with Crippen molar-refractivity contribution in [3.63, 3.8) is 0 Å². The summed E-state index contributed by atoms with van der Waals surface area (Å²) in [4.78, 5) is 30.8. The summed E-state index contributed by atoms with van der Waals surface area (Å²) < 4.78 is 63.4. The van der Waals surface area contributed by atoms with Crippen LogP contribution < -0.4 is 10.7 Å². The quantitative estimate of drug-likeness (QED) is 0.147. The lowest BCUT2D eigenvalue weighted by molar-refractivity contribution is 0.111. The van der Waals surface area contributed by atoms with Gasteiger partial charge in [-0.15, -0.1) is 0 Å². The standard InChI is InChI=1S/C45H42F4N4O/c1-9-26-21(5)42-35(25-16-14-13-15-17-25)43-22(6)27(10-2)32(51-43)19-34-29(12-4)24(8)45(53-34)37(36-40(48)38(46)30(20-54)39(47)41(36)49)44-23(7)28(11-3)33(52-44)18-31(26)50-42/h13-20,33,51H,9-12H2,1-8H3/b31-18-,32-19-,43-35-,45-37-. The third-order valence-corrected chi connectivity index (χ3v) is 11.3. The van der Waals surface area contributed by atoms with Crippen LogP contribution in [-0.2, 0) is 6.42 Å². The minimum Gasteiger partial charge on any atom is -0.354 e. The molecule has 0 fully saturated rings. The number of rotatable bonds is 7. The minimum absolute atomic E-state index is 0.159. The van der Waals surface area contributed by atoms with E-state index in [9.17, 15) is 4.79 Å². The molecule has 4 aliphatic rings. The highest BCUT2D eigenvalue weighted by atomic mass is 19.2. The topological polar surface area (TPSA) is 69.9 Å². The van der Waals surface area contributed by atoms with Gasteiger partial charge in [0.25, 0.3) is 0 Å². The average molecular weight is 731 g/mol. The number of aromatic nitrogens is 1. The van der Waals surface area contributed by atoms with Gasteiger partial charge in [-0.2, -0.15) is 0 Å². The van der Waals surface area contributed by atoms with Crippen molar-refractivity contribution in [2.75, 3.05) is 0 Å². The Balaban J connectivity index is 1.71. The number of hydrogen-bond acceptors (Lipinski definition) is 4. The molecule has 2 aromatic carbocycles. The molecule has 54 heavy (non-hydrogen) atoms. The summed E-state index contributed by atoms with van der Waals surface area (Å²) in [5.74, 6) is -6.90. The van der Waals surface area contributed by atoms with Crippen molar-refractivity contribution in [2.45, 2.75) is 87.1 Å². The third-order valence-electron chi connectivity index (χ3n) is 11.3. The Morgan fingerprint density at radius 2 is 1.41 bits per heavy atom. The Morgan fingerprint density at radius 3 is 2.00 bits per heavy atom. The summed E-state index contributed by atoms with van der Waals surface area (Å²) in [6.45, 7) is 15.9. The summed E-state index contributed by atoms with van der Waals surface area (Å²) in [6.07, 6.45) is 6.16. The van der Waals surface area contributed by atoms with Gasteiger partial charge < -0.3 is 4.98 Å². The van der Waals surface area contributed by atoms with Crippen LogP contribution in [0.15, 0.2) is 96.2 Å². The molecule has 1 N–H and O–H groups in total. The molecule has 9 heteroatoms. The lowest BCUT2D eigenvalue weighted by Crippen LogP contribution is -2.21. The number of fused-ring (bicyclic) bond motifs is 5. The molecule has 4 aliphatic heterocycles. The zero-order chi connectivity index (χ0) is 38.7. The number of carbonyl (C=O) groups excluding carboxylic acids is 1. The number of nitrogens with one attached hydrogen (secondary N) is 1. The average Bonchev–Trinajstić information content (AvgIpc) is 3.85. The Bertz CT molecular complexity index is 2540. The molecule has 0 aliphatic carbocycles. The van der Waals surface area contributed by atoms with Crippen LogP contribution in [0.3, 0.4) is 0 Å². The van der Waals surface area contributed by atoms with Gasteiger partial charge in [0.15, 0.2) is 29.6 Å². The van der Waals surface area contributed by atoms with Gasteiger partial charge in [0.1, 0.15) is 0 Å². The maximum Gasteiger partial charge on any atom is 0.173 e. The van der Waals surface area contributed by atoms with Crippen LogP contribution in [0.4, 0.5) is 17.6 Å². The zero-order valence-corrected chi connectivity index (χ0v) is 31.8. The van der Waals surface area contributed by atoms with Crippen LogP contribution in [0.25, 0.3) is 17.2 Å². The first-order valence-corrected chi connectivity index (χ1v) is 18.5. The Hall–Kier alpha value is -5.44. The molecule has 0 saturated carbocycles. The van der Waals surface area contributed by atoms with Crippen molar-refractivity contribution in [1.82, 2.24) is 4.98 Å². The smallest absolute Gasteiger partial charge is 0.173 e. The van der Waals surface area contributed by atoms with E-state index < -0.39 is 40.4 Å². The molecule has 3 aromatic rings. The molecule has 0 spiro atoms. The van der Waals surface area contributed by atoms with Gasteiger partial charge in [0.05, 0.1) is 51.0 Å². The summed E-state index contributed by atoms with van der Waals surface area (Å²) in [5, 5.41) is 1.75. The molecule has 1 atom stereocenters. The highest BCUT2D eigenvalue weighted by molar-refractivity contribution is 6.36. The van der Waals surface area contributed by atoms with Crippen molar-refractivity contribution in [2.24, 2.45) is 15.0 Å². The van der Waals surface area contributed by atoms with Crippen LogP contribution in [0, 0.1) is 30.2 Å². The molecule has 1 aromatic heterocycles. The highest BCUT2D eigenvalue weighted by Gasteiger charge is 2.37. The van der Waals surface area contributed by atoms with Crippen molar-refractivity contribution in [3.8, 4) is 0 Å². The molecular weight excluding hydrogens is 689 g/mol. The molecule has 276 valence electrons. The van der Waals surface area contributed by atoms with E-state index in [2.05, 4.69) is 44.8 Å². The number of benzene rings is 2. The van der Waals surface area contributed by atoms with Gasteiger partial charge in [-0.05, 0) is 116 Å². The number of allylic oxidation sites excluding steroid dienone is 6. The van der Waals surface area contributed by atoms with E-state index in [0.717, 1.165) is 66.7 Å². The second-order valence-electron chi connectivity index (χ2n) is 14.0. The number of H-pyrrole nitrogens is 1.